The van der Waals surface area contributed by atoms with E-state index in [-0.39, 0.29) is 5.91 Å². The number of nitrogen functional groups attached to an aromatic ring is 1. The number of hydrogen-bond acceptors (Lipinski definition) is 3. The number of aromatic amines is 1. The van der Waals surface area contributed by atoms with Crippen molar-refractivity contribution in [3.63, 3.8) is 0 Å². The van der Waals surface area contributed by atoms with Crippen LogP contribution < -0.4 is 11.1 Å². The maximum Gasteiger partial charge on any atom is 0.256 e. The molecular formula is C11H12N4O. The SMILES string of the molecule is Cc1c(N)cccc1C(=O)Nc1cn[nH]c1. The third-order valence-electron chi connectivity index (χ3n) is 2.38. The molecule has 16 heavy (non-hydrogen) atoms. The molecule has 0 bridgehead atoms. The Morgan fingerprint density at radius 3 is 3.00 bits per heavy atom. The maximum absolute atomic E-state index is 11.9. The van der Waals surface area contributed by atoms with Crippen molar-refractivity contribution in [1.82, 2.24) is 10.2 Å². The highest BCUT2D eigenvalue weighted by Gasteiger charge is 2.10. The quantitative estimate of drug-likeness (QED) is 0.666. The second-order valence-electron chi connectivity index (χ2n) is 3.46. The van der Waals surface area contributed by atoms with Gasteiger partial charge in [0.15, 0.2) is 0 Å². The van der Waals surface area contributed by atoms with Crippen LogP contribution in [0.2, 0.25) is 0 Å². The van der Waals surface area contributed by atoms with Crippen molar-refractivity contribution in [3.05, 3.63) is 41.7 Å². The molecule has 0 atom stereocenters. The van der Waals surface area contributed by atoms with Gasteiger partial charge in [0.25, 0.3) is 5.91 Å². The van der Waals surface area contributed by atoms with E-state index in [0.29, 0.717) is 16.9 Å². The van der Waals surface area contributed by atoms with Gasteiger partial charge >= 0.3 is 0 Å². The minimum atomic E-state index is -0.189. The standard InChI is InChI=1S/C11H12N4O/c1-7-9(3-2-4-10(7)12)11(16)15-8-5-13-14-6-8/h2-6H,12H2,1H3,(H,13,14)(H,15,16). The van der Waals surface area contributed by atoms with Gasteiger partial charge in [0.05, 0.1) is 11.9 Å². The number of nitrogens with one attached hydrogen (secondary N) is 2. The van der Waals surface area contributed by atoms with Crippen LogP contribution in [0.5, 0.6) is 0 Å². The summed E-state index contributed by atoms with van der Waals surface area (Å²) in [5.74, 6) is -0.189. The molecule has 1 amide bonds. The first-order chi connectivity index (χ1) is 7.68. The zero-order valence-corrected chi connectivity index (χ0v) is 8.82. The zero-order valence-electron chi connectivity index (χ0n) is 8.82. The number of hydrogen-bond donors (Lipinski definition) is 3. The van der Waals surface area contributed by atoms with Gasteiger partial charge < -0.3 is 11.1 Å². The van der Waals surface area contributed by atoms with Crippen LogP contribution in [0.25, 0.3) is 0 Å². The van der Waals surface area contributed by atoms with Gasteiger partial charge in [0.2, 0.25) is 0 Å². The van der Waals surface area contributed by atoms with Crippen molar-refractivity contribution in [2.24, 2.45) is 0 Å². The lowest BCUT2D eigenvalue weighted by molar-refractivity contribution is 0.102. The summed E-state index contributed by atoms with van der Waals surface area (Å²) in [5.41, 5.74) is 8.33. The van der Waals surface area contributed by atoms with Crippen LogP contribution in [0.3, 0.4) is 0 Å². The highest BCUT2D eigenvalue weighted by molar-refractivity contribution is 6.05. The van der Waals surface area contributed by atoms with Crippen molar-refractivity contribution >= 4 is 17.3 Å². The van der Waals surface area contributed by atoms with E-state index in [0.717, 1.165) is 5.56 Å². The fraction of sp³-hybridized carbons (Fsp3) is 0.0909. The summed E-state index contributed by atoms with van der Waals surface area (Å²) < 4.78 is 0. The van der Waals surface area contributed by atoms with Gasteiger partial charge in [-0.05, 0) is 24.6 Å². The van der Waals surface area contributed by atoms with E-state index in [1.807, 2.05) is 6.92 Å². The van der Waals surface area contributed by atoms with E-state index in [1.54, 1.807) is 30.6 Å². The third kappa shape index (κ3) is 1.88. The van der Waals surface area contributed by atoms with Crippen molar-refractivity contribution in [1.29, 1.82) is 0 Å². The topological polar surface area (TPSA) is 83.8 Å². The summed E-state index contributed by atoms with van der Waals surface area (Å²) >= 11 is 0. The maximum atomic E-state index is 11.9. The lowest BCUT2D eigenvalue weighted by Gasteiger charge is -2.07. The molecule has 0 aliphatic carbocycles. The smallest absolute Gasteiger partial charge is 0.256 e. The molecule has 0 aliphatic rings. The Labute approximate surface area is 92.7 Å². The number of anilines is 2. The van der Waals surface area contributed by atoms with Crippen LogP contribution in [-0.4, -0.2) is 16.1 Å². The molecule has 82 valence electrons. The molecule has 1 aromatic heterocycles. The van der Waals surface area contributed by atoms with Gasteiger partial charge in [0.1, 0.15) is 0 Å². The summed E-state index contributed by atoms with van der Waals surface area (Å²) in [6, 6.07) is 5.26. The highest BCUT2D eigenvalue weighted by atomic mass is 16.1. The highest BCUT2D eigenvalue weighted by Crippen LogP contribution is 2.16. The summed E-state index contributed by atoms with van der Waals surface area (Å²) in [5, 5.41) is 9.09. The number of nitrogens with two attached hydrogens (primary N) is 1. The van der Waals surface area contributed by atoms with Crippen molar-refractivity contribution in [2.75, 3.05) is 11.1 Å². The summed E-state index contributed by atoms with van der Waals surface area (Å²) in [7, 11) is 0. The van der Waals surface area contributed by atoms with Gasteiger partial charge in [0, 0.05) is 17.4 Å². The first kappa shape index (κ1) is 10.2. The molecule has 0 spiro atoms. The van der Waals surface area contributed by atoms with Gasteiger partial charge in [-0.25, -0.2) is 0 Å². The number of nitrogens with zero attached hydrogens (tertiary/aromatic N) is 1. The molecule has 5 heteroatoms. The van der Waals surface area contributed by atoms with Crippen LogP contribution in [0.15, 0.2) is 30.6 Å². The second kappa shape index (κ2) is 4.06. The predicted molar refractivity (Wildman–Crippen MR) is 62.1 cm³/mol. The molecule has 4 N–H and O–H groups in total. The van der Waals surface area contributed by atoms with Crippen LogP contribution in [0, 0.1) is 6.92 Å². The first-order valence-corrected chi connectivity index (χ1v) is 4.83. The Balaban J connectivity index is 2.24. The fourth-order valence-electron chi connectivity index (χ4n) is 1.42. The molecule has 0 fully saturated rings. The molecule has 1 heterocycles. The van der Waals surface area contributed by atoms with Crippen LogP contribution in [0.4, 0.5) is 11.4 Å². The summed E-state index contributed by atoms with van der Waals surface area (Å²) in [6.07, 6.45) is 3.15. The number of H-pyrrole nitrogens is 1. The Bertz CT molecular complexity index is 505. The van der Waals surface area contributed by atoms with Crippen molar-refractivity contribution < 1.29 is 4.79 Å². The zero-order chi connectivity index (χ0) is 11.5. The summed E-state index contributed by atoms with van der Waals surface area (Å²) in [6.45, 7) is 1.82. The number of carbonyl (C=O) groups is 1. The molecule has 5 nitrogen and oxygen atoms in total. The monoisotopic (exact) mass is 216 g/mol. The average Bonchev–Trinajstić information content (AvgIpc) is 2.74. The molecule has 0 saturated carbocycles. The number of benzene rings is 1. The lowest BCUT2D eigenvalue weighted by Crippen LogP contribution is -2.13. The first-order valence-electron chi connectivity index (χ1n) is 4.83. The van der Waals surface area contributed by atoms with Crippen molar-refractivity contribution in [3.8, 4) is 0 Å². The largest absolute Gasteiger partial charge is 0.398 e. The Morgan fingerprint density at radius 2 is 2.31 bits per heavy atom. The van der Waals surface area contributed by atoms with Crippen LogP contribution in [-0.2, 0) is 0 Å². The number of rotatable bonds is 2. The normalized spacial score (nSPS) is 10.1. The molecule has 0 aliphatic heterocycles. The molecular weight excluding hydrogens is 204 g/mol. The van der Waals surface area contributed by atoms with Crippen LogP contribution in [0.1, 0.15) is 15.9 Å². The van der Waals surface area contributed by atoms with E-state index in [2.05, 4.69) is 15.5 Å². The van der Waals surface area contributed by atoms with E-state index in [4.69, 9.17) is 5.73 Å². The van der Waals surface area contributed by atoms with Crippen LogP contribution >= 0.6 is 0 Å². The molecule has 0 radical (unpaired) electrons. The van der Waals surface area contributed by atoms with E-state index in [1.165, 1.54) is 0 Å². The summed E-state index contributed by atoms with van der Waals surface area (Å²) in [4.78, 5) is 11.9. The minimum Gasteiger partial charge on any atom is -0.398 e. The van der Waals surface area contributed by atoms with E-state index in [9.17, 15) is 4.79 Å². The Kier molecular flexibility index (Phi) is 2.59. The van der Waals surface area contributed by atoms with Gasteiger partial charge in [-0.2, -0.15) is 5.10 Å². The Morgan fingerprint density at radius 1 is 1.50 bits per heavy atom. The number of aromatic nitrogens is 2. The average molecular weight is 216 g/mol. The lowest BCUT2D eigenvalue weighted by atomic mass is 10.1. The van der Waals surface area contributed by atoms with Crippen molar-refractivity contribution in [2.45, 2.75) is 6.92 Å². The van der Waals surface area contributed by atoms with Gasteiger partial charge in [-0.3, -0.25) is 9.89 Å². The third-order valence-corrected chi connectivity index (χ3v) is 2.38. The molecule has 0 unspecified atom stereocenters. The van der Waals surface area contributed by atoms with E-state index < -0.39 is 0 Å². The number of carbonyl (C=O) groups excluding carboxylic acids is 1. The Hall–Kier alpha value is -2.30. The fourth-order valence-corrected chi connectivity index (χ4v) is 1.42. The van der Waals surface area contributed by atoms with Gasteiger partial charge in [-0.1, -0.05) is 6.07 Å². The predicted octanol–water partition coefficient (Wildman–Crippen LogP) is 1.55. The molecule has 1 aromatic carbocycles. The number of amides is 1. The molecule has 2 rings (SSSR count). The van der Waals surface area contributed by atoms with Gasteiger partial charge in [-0.15, -0.1) is 0 Å². The van der Waals surface area contributed by atoms with E-state index >= 15 is 0 Å². The molecule has 0 saturated heterocycles. The second-order valence-corrected chi connectivity index (χ2v) is 3.46. The molecule has 2 aromatic rings. The minimum absolute atomic E-state index is 0.189.